The van der Waals surface area contributed by atoms with Gasteiger partial charge in [0.05, 0.1) is 18.8 Å². The van der Waals surface area contributed by atoms with Crippen LogP contribution >= 0.6 is 0 Å². The first kappa shape index (κ1) is 14.4. The van der Waals surface area contributed by atoms with Crippen LogP contribution in [0, 0.1) is 5.92 Å². The monoisotopic (exact) mass is 216 g/mol. The van der Waals surface area contributed by atoms with Crippen LogP contribution in [0.5, 0.6) is 0 Å². The second kappa shape index (κ2) is 7.65. The summed E-state index contributed by atoms with van der Waals surface area (Å²) in [5, 5.41) is 2.75. The predicted molar refractivity (Wildman–Crippen MR) is 61.5 cm³/mol. The number of nitrogens with two attached hydrogens (primary N) is 1. The van der Waals surface area contributed by atoms with Crippen LogP contribution in [0.4, 0.5) is 0 Å². The van der Waals surface area contributed by atoms with E-state index in [9.17, 15) is 4.79 Å². The molecule has 90 valence electrons. The molecule has 0 aliphatic heterocycles. The summed E-state index contributed by atoms with van der Waals surface area (Å²) in [4.78, 5) is 11.4. The average molecular weight is 216 g/mol. The van der Waals surface area contributed by atoms with E-state index in [1.807, 2.05) is 13.8 Å². The molecule has 1 atom stereocenters. The third kappa shape index (κ3) is 8.39. The zero-order chi connectivity index (χ0) is 11.8. The van der Waals surface area contributed by atoms with Crippen molar-refractivity contribution in [3.63, 3.8) is 0 Å². The van der Waals surface area contributed by atoms with Gasteiger partial charge in [-0.25, -0.2) is 0 Å². The molecule has 0 radical (unpaired) electrons. The topological polar surface area (TPSA) is 64.4 Å². The highest BCUT2D eigenvalue weighted by Gasteiger charge is 2.13. The number of hydrogen-bond acceptors (Lipinski definition) is 3. The first-order valence-electron chi connectivity index (χ1n) is 5.58. The lowest BCUT2D eigenvalue weighted by Gasteiger charge is -2.14. The van der Waals surface area contributed by atoms with Gasteiger partial charge in [-0.2, -0.15) is 0 Å². The van der Waals surface area contributed by atoms with Crippen molar-refractivity contribution in [1.82, 2.24) is 5.32 Å². The molecule has 0 aromatic carbocycles. The average Bonchev–Trinajstić information content (AvgIpc) is 2.10. The van der Waals surface area contributed by atoms with Crippen LogP contribution in [-0.4, -0.2) is 31.2 Å². The Labute approximate surface area is 92.6 Å². The van der Waals surface area contributed by atoms with Crippen molar-refractivity contribution in [3.8, 4) is 0 Å². The quantitative estimate of drug-likeness (QED) is 0.621. The summed E-state index contributed by atoms with van der Waals surface area (Å²) in [5.41, 5.74) is 5.71. The molecule has 0 aliphatic carbocycles. The van der Waals surface area contributed by atoms with Gasteiger partial charge in [0.2, 0.25) is 5.91 Å². The highest BCUT2D eigenvalue weighted by atomic mass is 16.5. The Hall–Kier alpha value is -0.610. The number of amides is 1. The van der Waals surface area contributed by atoms with Crippen LogP contribution in [-0.2, 0) is 9.53 Å². The third-order valence-electron chi connectivity index (χ3n) is 1.91. The lowest BCUT2D eigenvalue weighted by Crippen LogP contribution is -2.42. The molecule has 0 saturated carbocycles. The molecule has 1 amide bonds. The summed E-state index contributed by atoms with van der Waals surface area (Å²) < 4.78 is 5.30. The third-order valence-corrected chi connectivity index (χ3v) is 1.91. The van der Waals surface area contributed by atoms with E-state index in [2.05, 4.69) is 19.2 Å². The number of hydrogen-bond donors (Lipinski definition) is 2. The predicted octanol–water partition coefficient (Wildman–Crippen LogP) is 0.901. The van der Waals surface area contributed by atoms with E-state index < -0.39 is 6.04 Å². The number of carbonyl (C=O) groups is 1. The number of ether oxygens (including phenoxy) is 1. The first-order valence-corrected chi connectivity index (χ1v) is 5.58. The van der Waals surface area contributed by atoms with Crippen LogP contribution in [0.15, 0.2) is 0 Å². The van der Waals surface area contributed by atoms with Crippen molar-refractivity contribution in [3.05, 3.63) is 0 Å². The Balaban J connectivity index is 3.56. The Bertz CT molecular complexity index is 181. The molecular formula is C11H24N2O2. The van der Waals surface area contributed by atoms with E-state index in [0.717, 1.165) is 6.42 Å². The molecule has 0 unspecified atom stereocenters. The van der Waals surface area contributed by atoms with Gasteiger partial charge in [0.25, 0.3) is 0 Å². The zero-order valence-electron chi connectivity index (χ0n) is 10.2. The molecule has 0 aromatic heterocycles. The van der Waals surface area contributed by atoms with Crippen molar-refractivity contribution in [2.45, 2.75) is 46.3 Å². The van der Waals surface area contributed by atoms with E-state index in [0.29, 0.717) is 19.1 Å². The second-order valence-corrected chi connectivity index (χ2v) is 4.45. The van der Waals surface area contributed by atoms with Crippen LogP contribution in [0.3, 0.4) is 0 Å². The van der Waals surface area contributed by atoms with Crippen molar-refractivity contribution in [2.24, 2.45) is 11.7 Å². The van der Waals surface area contributed by atoms with Gasteiger partial charge in [-0.1, -0.05) is 13.8 Å². The summed E-state index contributed by atoms with van der Waals surface area (Å²) in [6, 6.07) is -0.399. The smallest absolute Gasteiger partial charge is 0.237 e. The van der Waals surface area contributed by atoms with Gasteiger partial charge in [-0.15, -0.1) is 0 Å². The van der Waals surface area contributed by atoms with E-state index in [1.165, 1.54) is 0 Å². The largest absolute Gasteiger partial charge is 0.377 e. The Morgan fingerprint density at radius 2 is 1.93 bits per heavy atom. The van der Waals surface area contributed by atoms with Gasteiger partial charge in [-0.05, 0) is 26.2 Å². The van der Waals surface area contributed by atoms with Gasteiger partial charge in [0.15, 0.2) is 0 Å². The molecule has 0 bridgehead atoms. The SMILES string of the molecule is CC(C)C[C@H](N)C(=O)NCCOC(C)C. The summed E-state index contributed by atoms with van der Waals surface area (Å²) in [5.74, 6) is 0.355. The summed E-state index contributed by atoms with van der Waals surface area (Å²) in [6.07, 6.45) is 0.919. The van der Waals surface area contributed by atoms with Crippen molar-refractivity contribution in [2.75, 3.05) is 13.2 Å². The van der Waals surface area contributed by atoms with E-state index in [1.54, 1.807) is 0 Å². The summed E-state index contributed by atoms with van der Waals surface area (Å²) in [7, 11) is 0. The first-order chi connectivity index (χ1) is 6.93. The molecule has 0 aromatic rings. The molecule has 3 N–H and O–H groups in total. The molecule has 0 fully saturated rings. The molecule has 15 heavy (non-hydrogen) atoms. The van der Waals surface area contributed by atoms with Crippen molar-refractivity contribution >= 4 is 5.91 Å². The lowest BCUT2D eigenvalue weighted by molar-refractivity contribution is -0.123. The summed E-state index contributed by atoms with van der Waals surface area (Å²) in [6.45, 7) is 9.10. The fourth-order valence-corrected chi connectivity index (χ4v) is 1.21. The van der Waals surface area contributed by atoms with E-state index in [-0.39, 0.29) is 12.0 Å². The molecule has 4 heteroatoms. The van der Waals surface area contributed by atoms with Crippen LogP contribution in [0.2, 0.25) is 0 Å². The second-order valence-electron chi connectivity index (χ2n) is 4.45. The molecule has 0 heterocycles. The van der Waals surface area contributed by atoms with Crippen LogP contribution in [0.1, 0.15) is 34.1 Å². The minimum Gasteiger partial charge on any atom is -0.377 e. The minimum atomic E-state index is -0.399. The number of rotatable bonds is 7. The van der Waals surface area contributed by atoms with Gasteiger partial charge in [0, 0.05) is 6.54 Å². The van der Waals surface area contributed by atoms with Crippen molar-refractivity contribution in [1.29, 1.82) is 0 Å². The zero-order valence-corrected chi connectivity index (χ0v) is 10.2. The van der Waals surface area contributed by atoms with E-state index >= 15 is 0 Å². The molecule has 0 rings (SSSR count). The fourth-order valence-electron chi connectivity index (χ4n) is 1.21. The maximum atomic E-state index is 11.4. The Morgan fingerprint density at radius 1 is 1.33 bits per heavy atom. The normalized spacial score (nSPS) is 13.3. The molecule has 4 nitrogen and oxygen atoms in total. The Morgan fingerprint density at radius 3 is 2.40 bits per heavy atom. The maximum absolute atomic E-state index is 11.4. The van der Waals surface area contributed by atoms with Crippen LogP contribution in [0.25, 0.3) is 0 Å². The molecule has 0 aliphatic rings. The van der Waals surface area contributed by atoms with Gasteiger partial charge >= 0.3 is 0 Å². The molecule has 0 saturated heterocycles. The van der Waals surface area contributed by atoms with Crippen molar-refractivity contribution < 1.29 is 9.53 Å². The number of nitrogens with one attached hydrogen (secondary N) is 1. The summed E-state index contributed by atoms with van der Waals surface area (Å²) >= 11 is 0. The number of carbonyl (C=O) groups excluding carboxylic acids is 1. The molecule has 0 spiro atoms. The fraction of sp³-hybridized carbons (Fsp3) is 0.909. The Kier molecular flexibility index (Phi) is 7.34. The standard InChI is InChI=1S/C11H24N2O2/c1-8(2)7-10(12)11(14)13-5-6-15-9(3)4/h8-10H,5-7,12H2,1-4H3,(H,13,14)/t10-/m0/s1. The highest BCUT2D eigenvalue weighted by molar-refractivity contribution is 5.81. The van der Waals surface area contributed by atoms with Gasteiger partial charge in [0.1, 0.15) is 0 Å². The maximum Gasteiger partial charge on any atom is 0.237 e. The highest BCUT2D eigenvalue weighted by Crippen LogP contribution is 2.02. The minimum absolute atomic E-state index is 0.0870. The van der Waals surface area contributed by atoms with Gasteiger partial charge in [-0.3, -0.25) is 4.79 Å². The van der Waals surface area contributed by atoms with E-state index in [4.69, 9.17) is 10.5 Å². The van der Waals surface area contributed by atoms with Crippen LogP contribution < -0.4 is 11.1 Å². The molecular weight excluding hydrogens is 192 g/mol. The van der Waals surface area contributed by atoms with Gasteiger partial charge < -0.3 is 15.8 Å². The lowest BCUT2D eigenvalue weighted by atomic mass is 10.0.